The van der Waals surface area contributed by atoms with Crippen molar-refractivity contribution in [3.8, 4) is 0 Å². The monoisotopic (exact) mass is 367 g/mol. The maximum absolute atomic E-state index is 13.3. The first-order chi connectivity index (χ1) is 13.8. The van der Waals surface area contributed by atoms with Crippen LogP contribution in [-0.2, 0) is 9.59 Å². The van der Waals surface area contributed by atoms with E-state index in [2.05, 4.69) is 34.4 Å². The lowest BCUT2D eigenvalue weighted by atomic mass is 9.55. The fourth-order valence-corrected chi connectivity index (χ4v) is 5.32. The highest BCUT2D eigenvalue weighted by atomic mass is 16.2. The molecule has 2 amide bonds. The minimum Gasteiger partial charge on any atom is -0.360 e. The number of hydrogen-bond donors (Lipinski definition) is 1. The summed E-state index contributed by atoms with van der Waals surface area (Å²) in [7, 11) is 0. The van der Waals surface area contributed by atoms with E-state index in [0.717, 1.165) is 10.7 Å². The van der Waals surface area contributed by atoms with Gasteiger partial charge in [0.25, 0.3) is 11.8 Å². The first-order valence-corrected chi connectivity index (χ1v) is 9.48. The fraction of sp³-hybridized carbons (Fsp3) is 0.174. The molecule has 4 aliphatic rings. The summed E-state index contributed by atoms with van der Waals surface area (Å²) in [4.78, 5) is 29.6. The van der Waals surface area contributed by atoms with Gasteiger partial charge < -0.3 is 4.98 Å². The van der Waals surface area contributed by atoms with E-state index in [9.17, 15) is 9.59 Å². The van der Waals surface area contributed by atoms with Crippen LogP contribution in [0.25, 0.3) is 0 Å². The fourth-order valence-electron chi connectivity index (χ4n) is 5.32. The summed E-state index contributed by atoms with van der Waals surface area (Å²) < 4.78 is 0. The molecule has 1 fully saturated rings. The van der Waals surface area contributed by atoms with Gasteiger partial charge in [0.15, 0.2) is 0 Å². The topological polar surface area (TPSA) is 65.5 Å². The van der Waals surface area contributed by atoms with E-state index in [1.165, 1.54) is 28.5 Å². The molecule has 5 nitrogen and oxygen atoms in total. The molecule has 1 saturated heterocycles. The van der Waals surface area contributed by atoms with Crippen LogP contribution in [0.4, 0.5) is 0 Å². The van der Waals surface area contributed by atoms with Crippen molar-refractivity contribution in [3.05, 3.63) is 94.8 Å². The second-order valence-electron chi connectivity index (χ2n) is 7.62. The van der Waals surface area contributed by atoms with E-state index in [1.54, 1.807) is 6.20 Å². The first kappa shape index (κ1) is 15.6. The van der Waals surface area contributed by atoms with E-state index in [1.807, 2.05) is 36.4 Å². The number of hydrazone groups is 1. The van der Waals surface area contributed by atoms with Gasteiger partial charge in [0, 0.05) is 18.0 Å². The molecular weight excluding hydrogens is 350 g/mol. The Kier molecular flexibility index (Phi) is 3.07. The van der Waals surface area contributed by atoms with E-state index in [-0.39, 0.29) is 35.5 Å². The number of aromatic amines is 1. The van der Waals surface area contributed by atoms with Crippen molar-refractivity contribution in [1.29, 1.82) is 0 Å². The predicted molar refractivity (Wildman–Crippen MR) is 104 cm³/mol. The number of nitrogens with zero attached hydrogens (tertiary/aromatic N) is 2. The van der Waals surface area contributed by atoms with Gasteiger partial charge in [-0.05, 0) is 34.4 Å². The molecule has 5 heteroatoms. The number of carbonyl (C=O) groups is 2. The van der Waals surface area contributed by atoms with Crippen LogP contribution in [0.1, 0.15) is 39.8 Å². The molecule has 1 aromatic heterocycles. The zero-order valence-electron chi connectivity index (χ0n) is 14.9. The molecule has 28 heavy (non-hydrogen) atoms. The van der Waals surface area contributed by atoms with Crippen LogP contribution in [0.3, 0.4) is 0 Å². The Bertz CT molecular complexity index is 1030. The zero-order chi connectivity index (χ0) is 18.8. The van der Waals surface area contributed by atoms with Crippen LogP contribution >= 0.6 is 0 Å². The Morgan fingerprint density at radius 2 is 1.25 bits per heavy atom. The van der Waals surface area contributed by atoms with Crippen LogP contribution < -0.4 is 0 Å². The van der Waals surface area contributed by atoms with E-state index >= 15 is 0 Å². The number of amides is 2. The van der Waals surface area contributed by atoms with Crippen LogP contribution in [0, 0.1) is 11.8 Å². The third-order valence-corrected chi connectivity index (χ3v) is 6.36. The lowest BCUT2D eigenvalue weighted by Crippen LogP contribution is -2.41. The van der Waals surface area contributed by atoms with Crippen LogP contribution in [0.15, 0.2) is 72.0 Å². The molecule has 2 atom stereocenters. The molecule has 136 valence electrons. The van der Waals surface area contributed by atoms with E-state index in [0.29, 0.717) is 0 Å². The SMILES string of the molecule is O=C1[C@@H]2C3c4ccccc4C(c4ccccc43)[C@H]2C(=O)N1/N=C\c1ccc[nH]1. The number of benzene rings is 2. The molecule has 2 bridgehead atoms. The van der Waals surface area contributed by atoms with Gasteiger partial charge in [-0.2, -0.15) is 10.1 Å². The summed E-state index contributed by atoms with van der Waals surface area (Å²) in [6.07, 6.45) is 3.32. The predicted octanol–water partition coefficient (Wildman–Crippen LogP) is 3.24. The number of aromatic nitrogens is 1. The van der Waals surface area contributed by atoms with Crippen molar-refractivity contribution >= 4 is 18.0 Å². The maximum atomic E-state index is 13.3. The maximum Gasteiger partial charge on any atom is 0.254 e. The number of rotatable bonds is 2. The molecule has 0 unspecified atom stereocenters. The second kappa shape index (κ2) is 5.52. The van der Waals surface area contributed by atoms with Gasteiger partial charge in [0.2, 0.25) is 0 Å². The number of imide groups is 1. The summed E-state index contributed by atoms with van der Waals surface area (Å²) in [6, 6.07) is 20.1. The first-order valence-electron chi connectivity index (χ1n) is 9.48. The van der Waals surface area contributed by atoms with Crippen molar-refractivity contribution in [2.45, 2.75) is 11.8 Å². The number of H-pyrrole nitrogens is 1. The van der Waals surface area contributed by atoms with Crippen LogP contribution in [0.2, 0.25) is 0 Å². The van der Waals surface area contributed by atoms with Crippen molar-refractivity contribution in [2.75, 3.05) is 0 Å². The quantitative estimate of drug-likeness (QED) is 0.558. The second-order valence-corrected chi connectivity index (χ2v) is 7.62. The number of nitrogens with one attached hydrogen (secondary N) is 1. The van der Waals surface area contributed by atoms with Crippen molar-refractivity contribution in [3.63, 3.8) is 0 Å². The highest BCUT2D eigenvalue weighted by Crippen LogP contribution is 2.60. The summed E-state index contributed by atoms with van der Waals surface area (Å²) in [6.45, 7) is 0. The van der Waals surface area contributed by atoms with Gasteiger partial charge in [0.05, 0.1) is 23.7 Å². The van der Waals surface area contributed by atoms with Crippen molar-refractivity contribution in [2.24, 2.45) is 16.9 Å². The third-order valence-electron chi connectivity index (χ3n) is 6.36. The molecular formula is C23H17N3O2. The highest BCUT2D eigenvalue weighted by Gasteiger charge is 2.61. The van der Waals surface area contributed by atoms with E-state index < -0.39 is 0 Å². The Morgan fingerprint density at radius 1 is 0.750 bits per heavy atom. The third kappa shape index (κ3) is 1.88. The lowest BCUT2D eigenvalue weighted by molar-refractivity contribution is -0.139. The summed E-state index contributed by atoms with van der Waals surface area (Å²) in [5.74, 6) is -1.35. The molecule has 3 aromatic rings. The average Bonchev–Trinajstić information content (AvgIpc) is 3.34. The van der Waals surface area contributed by atoms with Gasteiger partial charge in [-0.3, -0.25) is 9.59 Å². The minimum atomic E-state index is -0.386. The van der Waals surface area contributed by atoms with Gasteiger partial charge in [0.1, 0.15) is 0 Å². The summed E-state index contributed by atoms with van der Waals surface area (Å²) >= 11 is 0. The zero-order valence-corrected chi connectivity index (χ0v) is 14.9. The van der Waals surface area contributed by atoms with E-state index in [4.69, 9.17) is 0 Å². The lowest BCUT2D eigenvalue weighted by Gasteiger charge is -2.45. The molecule has 0 saturated carbocycles. The Morgan fingerprint density at radius 3 is 1.68 bits per heavy atom. The standard InChI is InChI=1S/C23H17N3O2/c27-22-20-18-14-7-1-2-8-15(14)19(17-10-4-3-9-16(17)18)21(20)23(28)26(22)25-12-13-6-5-11-24-13/h1-12,18-21,24H/b25-12-/t18?,19?,20-,21-/m1/s1. The summed E-state index contributed by atoms with van der Waals surface area (Å²) in [5, 5.41) is 5.34. The Hall–Kier alpha value is -3.47. The van der Waals surface area contributed by atoms with Crippen molar-refractivity contribution in [1.82, 2.24) is 9.99 Å². The smallest absolute Gasteiger partial charge is 0.254 e. The van der Waals surface area contributed by atoms with Gasteiger partial charge in [-0.15, -0.1) is 0 Å². The average molecular weight is 367 g/mol. The van der Waals surface area contributed by atoms with Gasteiger partial charge in [-0.1, -0.05) is 48.5 Å². The number of carbonyl (C=O) groups excluding carboxylic acids is 2. The minimum absolute atomic E-state index is 0.0930. The molecule has 1 N–H and O–H groups in total. The van der Waals surface area contributed by atoms with Gasteiger partial charge in [-0.25, -0.2) is 0 Å². The van der Waals surface area contributed by atoms with Crippen molar-refractivity contribution < 1.29 is 9.59 Å². The normalized spacial score (nSPS) is 27.2. The highest BCUT2D eigenvalue weighted by molar-refractivity contribution is 6.08. The molecule has 0 radical (unpaired) electrons. The molecule has 2 aromatic carbocycles. The number of hydrogen-bond acceptors (Lipinski definition) is 3. The molecule has 1 aliphatic heterocycles. The molecule has 0 spiro atoms. The summed E-state index contributed by atoms with van der Waals surface area (Å²) in [5.41, 5.74) is 5.44. The molecule has 3 aliphatic carbocycles. The molecule has 2 heterocycles. The Balaban J connectivity index is 1.50. The van der Waals surface area contributed by atoms with Crippen LogP contribution in [0.5, 0.6) is 0 Å². The van der Waals surface area contributed by atoms with Crippen LogP contribution in [-0.4, -0.2) is 28.0 Å². The largest absolute Gasteiger partial charge is 0.360 e. The Labute approximate surface area is 161 Å². The van der Waals surface area contributed by atoms with Gasteiger partial charge >= 0.3 is 0 Å². The molecule has 7 rings (SSSR count).